The lowest BCUT2D eigenvalue weighted by Gasteiger charge is -2.13. The SMILES string of the molecule is CCCC(C)NCCC(Br)CC. The number of halogens is 1. The van der Waals surface area contributed by atoms with Crippen LogP contribution in [0.25, 0.3) is 0 Å². The van der Waals surface area contributed by atoms with Crippen LogP contribution in [0.15, 0.2) is 0 Å². The van der Waals surface area contributed by atoms with Gasteiger partial charge in [0.1, 0.15) is 0 Å². The molecule has 0 rings (SSSR count). The van der Waals surface area contributed by atoms with Gasteiger partial charge in [-0.15, -0.1) is 0 Å². The Hall–Kier alpha value is 0.440. The van der Waals surface area contributed by atoms with Gasteiger partial charge in [-0.25, -0.2) is 0 Å². The van der Waals surface area contributed by atoms with Gasteiger partial charge < -0.3 is 5.32 Å². The van der Waals surface area contributed by atoms with Crippen molar-refractivity contribution in [3.8, 4) is 0 Å². The first-order chi connectivity index (χ1) is 5.70. The molecular weight excluding hydrogens is 214 g/mol. The smallest absolute Gasteiger partial charge is 0.0155 e. The summed E-state index contributed by atoms with van der Waals surface area (Å²) >= 11 is 3.63. The molecule has 0 spiro atoms. The highest BCUT2D eigenvalue weighted by Gasteiger charge is 2.02. The lowest BCUT2D eigenvalue weighted by atomic mass is 10.2. The van der Waals surface area contributed by atoms with E-state index in [0.29, 0.717) is 10.9 Å². The van der Waals surface area contributed by atoms with E-state index in [1.54, 1.807) is 0 Å². The summed E-state index contributed by atoms with van der Waals surface area (Å²) in [6, 6.07) is 0.687. The molecule has 12 heavy (non-hydrogen) atoms. The first kappa shape index (κ1) is 12.4. The number of hydrogen-bond acceptors (Lipinski definition) is 1. The topological polar surface area (TPSA) is 12.0 Å². The van der Waals surface area contributed by atoms with Crippen LogP contribution in [0.3, 0.4) is 0 Å². The number of alkyl halides is 1. The molecule has 0 aliphatic rings. The molecule has 0 aromatic carbocycles. The first-order valence-electron chi connectivity index (χ1n) is 5.08. The maximum absolute atomic E-state index is 3.63. The van der Waals surface area contributed by atoms with Crippen molar-refractivity contribution in [2.24, 2.45) is 0 Å². The zero-order valence-corrected chi connectivity index (χ0v) is 10.2. The maximum atomic E-state index is 3.63. The summed E-state index contributed by atoms with van der Waals surface area (Å²) < 4.78 is 0. The Bertz CT molecular complexity index is 95.8. The van der Waals surface area contributed by atoms with Crippen molar-refractivity contribution < 1.29 is 0 Å². The molecule has 0 aliphatic carbocycles. The van der Waals surface area contributed by atoms with Crippen molar-refractivity contribution in [1.82, 2.24) is 5.32 Å². The second-order valence-corrected chi connectivity index (χ2v) is 4.73. The summed E-state index contributed by atoms with van der Waals surface area (Å²) in [6.07, 6.45) is 5.03. The minimum atomic E-state index is 0.687. The average Bonchev–Trinajstić information content (AvgIpc) is 2.04. The molecule has 0 aromatic rings. The van der Waals surface area contributed by atoms with Crippen molar-refractivity contribution in [3.05, 3.63) is 0 Å². The van der Waals surface area contributed by atoms with E-state index in [2.05, 4.69) is 42.0 Å². The fraction of sp³-hybridized carbons (Fsp3) is 1.00. The van der Waals surface area contributed by atoms with Crippen molar-refractivity contribution in [3.63, 3.8) is 0 Å². The third-order valence-corrected chi connectivity index (χ3v) is 3.22. The Balaban J connectivity index is 3.18. The number of rotatable bonds is 7. The first-order valence-corrected chi connectivity index (χ1v) is 5.99. The van der Waals surface area contributed by atoms with E-state index >= 15 is 0 Å². The molecule has 0 fully saturated rings. The Morgan fingerprint density at radius 2 is 1.92 bits per heavy atom. The molecule has 0 saturated heterocycles. The second kappa shape index (κ2) is 8.06. The van der Waals surface area contributed by atoms with Crippen molar-refractivity contribution >= 4 is 15.9 Å². The summed E-state index contributed by atoms with van der Waals surface area (Å²) in [5, 5.41) is 3.52. The Kier molecular flexibility index (Phi) is 8.35. The van der Waals surface area contributed by atoms with Gasteiger partial charge in [0.05, 0.1) is 0 Å². The van der Waals surface area contributed by atoms with Gasteiger partial charge in [0.2, 0.25) is 0 Å². The highest BCUT2D eigenvalue weighted by atomic mass is 79.9. The molecule has 0 bridgehead atoms. The van der Waals surface area contributed by atoms with E-state index in [0.717, 1.165) is 6.54 Å². The van der Waals surface area contributed by atoms with Crippen LogP contribution in [-0.2, 0) is 0 Å². The lowest BCUT2D eigenvalue weighted by Crippen LogP contribution is -2.27. The van der Waals surface area contributed by atoms with Gasteiger partial charge >= 0.3 is 0 Å². The van der Waals surface area contributed by atoms with Gasteiger partial charge in [0, 0.05) is 10.9 Å². The Labute approximate surface area is 85.4 Å². The van der Waals surface area contributed by atoms with Crippen molar-refractivity contribution in [2.75, 3.05) is 6.54 Å². The average molecular weight is 236 g/mol. The van der Waals surface area contributed by atoms with Crippen molar-refractivity contribution in [1.29, 1.82) is 0 Å². The van der Waals surface area contributed by atoms with Crippen LogP contribution in [-0.4, -0.2) is 17.4 Å². The predicted molar refractivity (Wildman–Crippen MR) is 60.0 cm³/mol. The quantitative estimate of drug-likeness (QED) is 0.668. The van der Waals surface area contributed by atoms with Gasteiger partial charge in [0.25, 0.3) is 0 Å². The molecule has 2 heteroatoms. The van der Waals surface area contributed by atoms with Gasteiger partial charge in [-0.1, -0.05) is 36.2 Å². The van der Waals surface area contributed by atoms with E-state index in [4.69, 9.17) is 0 Å². The van der Waals surface area contributed by atoms with E-state index in [1.165, 1.54) is 25.7 Å². The third kappa shape index (κ3) is 7.11. The van der Waals surface area contributed by atoms with E-state index in [1.807, 2.05) is 0 Å². The maximum Gasteiger partial charge on any atom is 0.0155 e. The van der Waals surface area contributed by atoms with Crippen LogP contribution in [0.1, 0.15) is 46.5 Å². The Morgan fingerprint density at radius 1 is 1.25 bits per heavy atom. The zero-order chi connectivity index (χ0) is 9.40. The molecule has 0 aliphatic heterocycles. The predicted octanol–water partition coefficient (Wildman–Crippen LogP) is 3.33. The molecule has 2 unspecified atom stereocenters. The van der Waals surface area contributed by atoms with Gasteiger partial charge in [-0.2, -0.15) is 0 Å². The minimum Gasteiger partial charge on any atom is -0.314 e. The van der Waals surface area contributed by atoms with Gasteiger partial charge in [0.15, 0.2) is 0 Å². The lowest BCUT2D eigenvalue weighted by molar-refractivity contribution is 0.498. The molecular formula is C10H22BrN. The zero-order valence-electron chi connectivity index (χ0n) is 8.57. The largest absolute Gasteiger partial charge is 0.314 e. The molecule has 0 heterocycles. The fourth-order valence-corrected chi connectivity index (χ4v) is 1.45. The molecule has 0 radical (unpaired) electrons. The summed E-state index contributed by atoms with van der Waals surface area (Å²) in [6.45, 7) is 7.86. The van der Waals surface area contributed by atoms with Crippen LogP contribution in [0.5, 0.6) is 0 Å². The summed E-state index contributed by atoms with van der Waals surface area (Å²) in [4.78, 5) is 0.693. The van der Waals surface area contributed by atoms with Crippen LogP contribution < -0.4 is 5.32 Å². The molecule has 2 atom stereocenters. The van der Waals surface area contributed by atoms with Crippen LogP contribution in [0.2, 0.25) is 0 Å². The highest BCUT2D eigenvalue weighted by Crippen LogP contribution is 2.08. The molecule has 1 N–H and O–H groups in total. The summed E-state index contributed by atoms with van der Waals surface area (Å²) in [7, 11) is 0. The number of nitrogens with one attached hydrogen (secondary N) is 1. The van der Waals surface area contributed by atoms with Gasteiger partial charge in [-0.3, -0.25) is 0 Å². The van der Waals surface area contributed by atoms with E-state index in [9.17, 15) is 0 Å². The van der Waals surface area contributed by atoms with Crippen LogP contribution >= 0.6 is 15.9 Å². The highest BCUT2D eigenvalue weighted by molar-refractivity contribution is 9.09. The van der Waals surface area contributed by atoms with Crippen LogP contribution in [0.4, 0.5) is 0 Å². The Morgan fingerprint density at radius 3 is 2.42 bits per heavy atom. The second-order valence-electron chi connectivity index (χ2n) is 3.44. The number of hydrogen-bond donors (Lipinski definition) is 1. The molecule has 0 aromatic heterocycles. The molecule has 0 amide bonds. The van der Waals surface area contributed by atoms with Crippen molar-refractivity contribution in [2.45, 2.75) is 57.3 Å². The standard InChI is InChI=1S/C10H22BrN/c1-4-6-9(3)12-8-7-10(11)5-2/h9-10,12H,4-8H2,1-3H3. The van der Waals surface area contributed by atoms with Gasteiger partial charge in [-0.05, 0) is 32.7 Å². The van der Waals surface area contributed by atoms with Crippen LogP contribution in [0, 0.1) is 0 Å². The fourth-order valence-electron chi connectivity index (χ4n) is 1.23. The molecule has 0 saturated carbocycles. The van der Waals surface area contributed by atoms with E-state index < -0.39 is 0 Å². The molecule has 74 valence electrons. The minimum absolute atomic E-state index is 0.687. The summed E-state index contributed by atoms with van der Waals surface area (Å²) in [5.74, 6) is 0. The van der Waals surface area contributed by atoms with E-state index in [-0.39, 0.29) is 0 Å². The molecule has 1 nitrogen and oxygen atoms in total. The third-order valence-electron chi connectivity index (χ3n) is 2.12. The summed E-state index contributed by atoms with van der Waals surface area (Å²) in [5.41, 5.74) is 0. The monoisotopic (exact) mass is 235 g/mol. The normalized spacial score (nSPS) is 16.0.